The summed E-state index contributed by atoms with van der Waals surface area (Å²) in [5, 5.41) is 13.2. The number of para-hydroxylation sites is 1. The van der Waals surface area contributed by atoms with Crippen molar-refractivity contribution >= 4 is 80.5 Å². The van der Waals surface area contributed by atoms with Gasteiger partial charge in [0.2, 0.25) is 5.91 Å². The summed E-state index contributed by atoms with van der Waals surface area (Å²) in [6.45, 7) is -0.303. The third-order valence-corrected chi connectivity index (χ3v) is 7.44. The molecule has 0 bridgehead atoms. The zero-order valence-corrected chi connectivity index (χ0v) is 23.9. The van der Waals surface area contributed by atoms with E-state index in [2.05, 4.69) is 27.9 Å². The molecule has 1 fully saturated rings. The molecule has 1 aliphatic rings. The highest BCUT2D eigenvalue weighted by molar-refractivity contribution is 14.1. The number of thioether (sulfide) groups is 1. The Morgan fingerprint density at radius 3 is 2.56 bits per heavy atom. The lowest BCUT2D eigenvalue weighted by Gasteiger charge is -2.14. The van der Waals surface area contributed by atoms with Crippen LogP contribution in [0.15, 0.2) is 65.6 Å². The van der Waals surface area contributed by atoms with Crippen molar-refractivity contribution in [2.45, 2.75) is 6.61 Å². The predicted octanol–water partition coefficient (Wildman–Crippen LogP) is 6.12. The quantitative estimate of drug-likeness (QED) is 0.124. The van der Waals surface area contributed by atoms with Crippen LogP contribution in [0.1, 0.15) is 11.1 Å². The number of nitro groups is 1. The van der Waals surface area contributed by atoms with Gasteiger partial charge in [0.25, 0.3) is 16.8 Å². The van der Waals surface area contributed by atoms with E-state index in [0.29, 0.717) is 31.3 Å². The van der Waals surface area contributed by atoms with E-state index in [0.717, 1.165) is 22.2 Å². The van der Waals surface area contributed by atoms with E-state index in [4.69, 9.17) is 21.1 Å². The van der Waals surface area contributed by atoms with Gasteiger partial charge in [0.15, 0.2) is 11.5 Å². The number of benzene rings is 3. The molecule has 3 aromatic carbocycles. The van der Waals surface area contributed by atoms with Crippen LogP contribution in [0, 0.1) is 13.7 Å². The van der Waals surface area contributed by atoms with Crippen molar-refractivity contribution in [3.63, 3.8) is 0 Å². The third kappa shape index (κ3) is 6.88. The minimum absolute atomic E-state index is 0.0131. The molecule has 1 N–H and O–H groups in total. The van der Waals surface area contributed by atoms with Crippen LogP contribution in [0.25, 0.3) is 6.08 Å². The van der Waals surface area contributed by atoms with E-state index < -0.39 is 28.5 Å². The molecule has 0 unspecified atom stereocenters. The number of hydrogen-bond donors (Lipinski definition) is 1. The van der Waals surface area contributed by atoms with Gasteiger partial charge in [-0.15, -0.1) is 0 Å². The lowest BCUT2D eigenvalue weighted by atomic mass is 10.1. The number of imide groups is 1. The Balaban J connectivity index is 1.46. The van der Waals surface area contributed by atoms with E-state index in [1.165, 1.54) is 19.2 Å². The molecule has 1 heterocycles. The van der Waals surface area contributed by atoms with Gasteiger partial charge in [0.1, 0.15) is 13.2 Å². The standard InChI is InChI=1S/C26H19ClIN3O7S/c1-37-21-11-16(10-19(28)24(21)38-14-15-6-8-17(9-7-15)31(35)36)12-22-25(33)30(26(34)39-22)13-23(32)29-20-5-3-2-4-18(20)27/h2-12H,13-14H2,1H3,(H,29,32)/b22-12+. The average molecular weight is 680 g/mol. The number of amides is 3. The van der Waals surface area contributed by atoms with Crippen LogP contribution >= 0.6 is 46.0 Å². The maximum Gasteiger partial charge on any atom is 0.294 e. The van der Waals surface area contributed by atoms with Crippen molar-refractivity contribution in [1.82, 2.24) is 4.90 Å². The molecule has 1 saturated heterocycles. The van der Waals surface area contributed by atoms with Crippen molar-refractivity contribution in [3.05, 3.63) is 95.4 Å². The Hall–Kier alpha value is -3.62. The number of nitrogens with zero attached hydrogens (tertiary/aromatic N) is 2. The molecule has 10 nitrogen and oxygen atoms in total. The molecule has 0 spiro atoms. The normalized spacial score (nSPS) is 14.0. The fourth-order valence-electron chi connectivity index (χ4n) is 3.52. The zero-order chi connectivity index (χ0) is 28.1. The highest BCUT2D eigenvalue weighted by Gasteiger charge is 2.36. The topological polar surface area (TPSA) is 128 Å². The molecule has 3 aromatic rings. The summed E-state index contributed by atoms with van der Waals surface area (Å²) in [4.78, 5) is 49.3. The van der Waals surface area contributed by atoms with E-state index in [1.807, 2.05) is 0 Å². The lowest BCUT2D eigenvalue weighted by molar-refractivity contribution is -0.384. The summed E-state index contributed by atoms with van der Waals surface area (Å²) in [6.07, 6.45) is 1.54. The van der Waals surface area contributed by atoms with E-state index in [9.17, 15) is 24.5 Å². The SMILES string of the molecule is COc1cc(/C=C2/SC(=O)N(CC(=O)Nc3ccccc3Cl)C2=O)cc(I)c1OCc1ccc([N+](=O)[O-])cc1. The molecule has 0 aliphatic carbocycles. The molecule has 39 heavy (non-hydrogen) atoms. The Labute approximate surface area is 245 Å². The maximum atomic E-state index is 12.9. The second-order valence-corrected chi connectivity index (χ2v) is 10.6. The Morgan fingerprint density at radius 2 is 1.90 bits per heavy atom. The third-order valence-electron chi connectivity index (χ3n) is 5.40. The number of halogens is 2. The number of nitro benzene ring substituents is 1. The summed E-state index contributed by atoms with van der Waals surface area (Å²) < 4.78 is 12.1. The number of non-ortho nitro benzene ring substituents is 1. The first-order valence-corrected chi connectivity index (χ1v) is 13.5. The van der Waals surface area contributed by atoms with Crippen LogP contribution < -0.4 is 14.8 Å². The molecule has 0 aromatic heterocycles. The van der Waals surface area contributed by atoms with Crippen molar-refractivity contribution in [2.24, 2.45) is 0 Å². The highest BCUT2D eigenvalue weighted by Crippen LogP contribution is 2.37. The predicted molar refractivity (Wildman–Crippen MR) is 156 cm³/mol. The van der Waals surface area contributed by atoms with Crippen molar-refractivity contribution < 1.29 is 28.8 Å². The number of hydrogen-bond acceptors (Lipinski definition) is 8. The number of methoxy groups -OCH3 is 1. The van der Waals surface area contributed by atoms with Gasteiger partial charge in [0.05, 0.1) is 31.2 Å². The van der Waals surface area contributed by atoms with Gasteiger partial charge >= 0.3 is 0 Å². The largest absolute Gasteiger partial charge is 0.493 e. The molecule has 0 radical (unpaired) electrons. The molecule has 0 saturated carbocycles. The van der Waals surface area contributed by atoms with Gasteiger partial charge in [-0.05, 0) is 88.0 Å². The summed E-state index contributed by atoms with van der Waals surface area (Å²) in [5.74, 6) is -0.296. The number of rotatable bonds is 9. The number of nitrogens with one attached hydrogen (secondary N) is 1. The average Bonchev–Trinajstić information content (AvgIpc) is 3.16. The fraction of sp³-hybridized carbons (Fsp3) is 0.115. The molecular weight excluding hydrogens is 661 g/mol. The summed E-state index contributed by atoms with van der Waals surface area (Å²) in [6, 6.07) is 16.1. The van der Waals surface area contributed by atoms with Crippen LogP contribution in [0.3, 0.4) is 0 Å². The Kier molecular flexibility index (Phi) is 9.09. The monoisotopic (exact) mass is 679 g/mol. The number of anilines is 1. The number of carbonyl (C=O) groups excluding carboxylic acids is 3. The second kappa shape index (κ2) is 12.5. The molecule has 1 aliphatic heterocycles. The van der Waals surface area contributed by atoms with Gasteiger partial charge in [-0.3, -0.25) is 29.4 Å². The van der Waals surface area contributed by atoms with E-state index in [1.54, 1.807) is 54.6 Å². The number of ether oxygens (including phenoxy) is 2. The van der Waals surface area contributed by atoms with E-state index in [-0.39, 0.29) is 17.2 Å². The molecule has 13 heteroatoms. The van der Waals surface area contributed by atoms with Crippen LogP contribution in [-0.4, -0.2) is 40.5 Å². The van der Waals surface area contributed by atoms with Gasteiger partial charge in [0, 0.05) is 12.1 Å². The maximum absolute atomic E-state index is 12.9. The molecule has 4 rings (SSSR count). The van der Waals surface area contributed by atoms with Crippen molar-refractivity contribution in [3.8, 4) is 11.5 Å². The smallest absolute Gasteiger partial charge is 0.294 e. The Morgan fingerprint density at radius 1 is 1.18 bits per heavy atom. The molecular formula is C26H19ClIN3O7S. The van der Waals surface area contributed by atoms with Crippen LogP contribution in [0.2, 0.25) is 5.02 Å². The van der Waals surface area contributed by atoms with Gasteiger partial charge in [-0.25, -0.2) is 0 Å². The van der Waals surface area contributed by atoms with Gasteiger partial charge in [-0.2, -0.15) is 0 Å². The van der Waals surface area contributed by atoms with Gasteiger partial charge in [-0.1, -0.05) is 23.7 Å². The van der Waals surface area contributed by atoms with E-state index >= 15 is 0 Å². The van der Waals surface area contributed by atoms with Crippen LogP contribution in [0.5, 0.6) is 11.5 Å². The summed E-state index contributed by atoms with van der Waals surface area (Å²) >= 11 is 8.85. The molecule has 0 atom stereocenters. The molecule has 200 valence electrons. The first-order valence-electron chi connectivity index (χ1n) is 11.2. The highest BCUT2D eigenvalue weighted by atomic mass is 127. The first-order chi connectivity index (χ1) is 18.7. The summed E-state index contributed by atoms with van der Waals surface area (Å²) in [7, 11) is 1.47. The van der Waals surface area contributed by atoms with Crippen molar-refractivity contribution in [1.29, 1.82) is 0 Å². The van der Waals surface area contributed by atoms with Gasteiger partial charge < -0.3 is 14.8 Å². The fourth-order valence-corrected chi connectivity index (χ4v) is 5.32. The minimum Gasteiger partial charge on any atom is -0.493 e. The second-order valence-electron chi connectivity index (χ2n) is 8.04. The first kappa shape index (κ1) is 28.4. The van der Waals surface area contributed by atoms with Crippen LogP contribution in [-0.2, 0) is 16.2 Å². The van der Waals surface area contributed by atoms with Crippen molar-refractivity contribution in [2.75, 3.05) is 19.0 Å². The molecule has 3 amide bonds. The minimum atomic E-state index is -0.591. The van der Waals surface area contributed by atoms with Crippen LogP contribution in [0.4, 0.5) is 16.2 Å². The summed E-state index contributed by atoms with van der Waals surface area (Å²) in [5.41, 5.74) is 1.69. The zero-order valence-electron chi connectivity index (χ0n) is 20.2. The lowest BCUT2D eigenvalue weighted by Crippen LogP contribution is -2.36. The number of carbonyl (C=O) groups is 3. The Bertz CT molecular complexity index is 1500.